The summed E-state index contributed by atoms with van der Waals surface area (Å²) in [4.78, 5) is 0. The molecule has 0 spiro atoms. The van der Waals surface area contributed by atoms with Gasteiger partial charge in [0.25, 0.3) is 0 Å². The summed E-state index contributed by atoms with van der Waals surface area (Å²) in [6.07, 6.45) is 0. The highest BCUT2D eigenvalue weighted by Crippen LogP contribution is 2.16. The molecule has 0 aliphatic carbocycles. The molecule has 0 aliphatic rings. The lowest BCUT2D eigenvalue weighted by molar-refractivity contribution is 0.359. The molecule has 0 saturated heterocycles. The molecule has 15 heavy (non-hydrogen) atoms. The molecule has 1 rings (SSSR count). The molecule has 1 aromatic carbocycles. The minimum absolute atomic E-state index is 0.170. The number of hydrogen-bond donors (Lipinski definition) is 1. The van der Waals surface area contributed by atoms with Crippen LogP contribution in [0.1, 0.15) is 39.3 Å². The zero-order valence-electron chi connectivity index (χ0n) is 9.97. The first-order valence-electron chi connectivity index (χ1n) is 5.37. The van der Waals surface area contributed by atoms with Crippen LogP contribution in [0, 0.1) is 11.2 Å². The summed E-state index contributed by atoms with van der Waals surface area (Å²) in [7, 11) is 0. The van der Waals surface area contributed by atoms with Crippen molar-refractivity contribution in [3.05, 3.63) is 35.6 Å². The zero-order valence-corrected chi connectivity index (χ0v) is 9.97. The van der Waals surface area contributed by atoms with Crippen molar-refractivity contribution in [1.82, 2.24) is 5.32 Å². The van der Waals surface area contributed by atoms with Crippen LogP contribution in [0.4, 0.5) is 4.39 Å². The minimum Gasteiger partial charge on any atom is -0.310 e. The topological polar surface area (TPSA) is 12.0 Å². The molecule has 1 aromatic rings. The molecule has 0 aromatic heterocycles. The average Bonchev–Trinajstić information content (AvgIpc) is 2.13. The molecular weight excluding hydrogens is 189 g/mol. The third-order valence-corrected chi connectivity index (χ3v) is 2.29. The molecule has 0 aliphatic heterocycles. The molecule has 0 amide bonds. The molecule has 2 heteroatoms. The van der Waals surface area contributed by atoms with Crippen molar-refractivity contribution in [3.63, 3.8) is 0 Å². The maximum absolute atomic E-state index is 13.0. The fourth-order valence-corrected chi connectivity index (χ4v) is 1.35. The first kappa shape index (κ1) is 12.2. The number of halogens is 1. The van der Waals surface area contributed by atoms with Crippen molar-refractivity contribution >= 4 is 0 Å². The van der Waals surface area contributed by atoms with Crippen molar-refractivity contribution in [2.45, 2.75) is 33.7 Å². The summed E-state index contributed by atoms with van der Waals surface area (Å²) in [5, 5.41) is 3.40. The summed E-state index contributed by atoms with van der Waals surface area (Å²) < 4.78 is 13.0. The molecule has 0 bridgehead atoms. The Hall–Kier alpha value is -0.890. The smallest absolute Gasteiger partial charge is 0.123 e. The highest BCUT2D eigenvalue weighted by molar-refractivity contribution is 5.19. The summed E-state index contributed by atoms with van der Waals surface area (Å²) in [5.74, 6) is -0.170. The number of rotatable bonds is 3. The van der Waals surface area contributed by atoms with Crippen LogP contribution in [0.3, 0.4) is 0 Å². The van der Waals surface area contributed by atoms with Gasteiger partial charge in [0, 0.05) is 12.6 Å². The van der Waals surface area contributed by atoms with Crippen LogP contribution in [-0.4, -0.2) is 6.54 Å². The fraction of sp³-hybridized carbons (Fsp3) is 0.538. The first-order valence-corrected chi connectivity index (χ1v) is 5.37. The Morgan fingerprint density at radius 3 is 2.53 bits per heavy atom. The van der Waals surface area contributed by atoms with Crippen LogP contribution in [0.15, 0.2) is 24.3 Å². The van der Waals surface area contributed by atoms with Crippen LogP contribution in [-0.2, 0) is 0 Å². The maximum atomic E-state index is 13.0. The highest BCUT2D eigenvalue weighted by atomic mass is 19.1. The molecule has 1 atom stereocenters. The lowest BCUT2D eigenvalue weighted by Gasteiger charge is -2.22. The van der Waals surface area contributed by atoms with Crippen molar-refractivity contribution in [2.24, 2.45) is 5.41 Å². The van der Waals surface area contributed by atoms with E-state index in [-0.39, 0.29) is 17.3 Å². The standard InChI is InChI=1S/C13H20FN/c1-10(15-9-13(2,3)4)11-6-5-7-12(14)8-11/h5-8,10,15H,9H2,1-4H3. The molecule has 0 saturated carbocycles. The molecule has 0 fully saturated rings. The van der Waals surface area contributed by atoms with Gasteiger partial charge in [-0.1, -0.05) is 32.9 Å². The monoisotopic (exact) mass is 209 g/mol. The average molecular weight is 209 g/mol. The van der Waals surface area contributed by atoms with Gasteiger partial charge < -0.3 is 5.32 Å². The third kappa shape index (κ3) is 4.43. The molecule has 1 unspecified atom stereocenters. The molecule has 1 nitrogen and oxygen atoms in total. The van der Waals surface area contributed by atoms with Crippen LogP contribution in [0.2, 0.25) is 0 Å². The highest BCUT2D eigenvalue weighted by Gasteiger charge is 2.12. The minimum atomic E-state index is -0.170. The summed E-state index contributed by atoms with van der Waals surface area (Å²) in [6, 6.07) is 6.95. The second-order valence-electron chi connectivity index (χ2n) is 5.22. The number of benzene rings is 1. The Bertz CT molecular complexity index is 315. The SMILES string of the molecule is CC(NCC(C)(C)C)c1cccc(F)c1. The van der Waals surface area contributed by atoms with Gasteiger partial charge in [-0.15, -0.1) is 0 Å². The van der Waals surface area contributed by atoms with Crippen molar-refractivity contribution in [3.8, 4) is 0 Å². The van der Waals surface area contributed by atoms with Gasteiger partial charge in [0.15, 0.2) is 0 Å². The summed E-state index contributed by atoms with van der Waals surface area (Å²) in [6.45, 7) is 9.51. The Labute approximate surface area is 91.7 Å². The van der Waals surface area contributed by atoms with E-state index in [4.69, 9.17) is 0 Å². The van der Waals surface area contributed by atoms with Crippen molar-refractivity contribution in [2.75, 3.05) is 6.54 Å². The summed E-state index contributed by atoms with van der Waals surface area (Å²) >= 11 is 0. The predicted octanol–water partition coefficient (Wildman–Crippen LogP) is 3.52. The van der Waals surface area contributed by atoms with E-state index < -0.39 is 0 Å². The van der Waals surface area contributed by atoms with Gasteiger partial charge in [-0.2, -0.15) is 0 Å². The molecule has 1 N–H and O–H groups in total. The largest absolute Gasteiger partial charge is 0.310 e. The van der Waals surface area contributed by atoms with Gasteiger partial charge in [-0.25, -0.2) is 4.39 Å². The second kappa shape index (κ2) is 4.75. The number of hydrogen-bond acceptors (Lipinski definition) is 1. The first-order chi connectivity index (χ1) is 6.88. The van der Waals surface area contributed by atoms with E-state index in [0.29, 0.717) is 0 Å². The van der Waals surface area contributed by atoms with Crippen LogP contribution in [0.5, 0.6) is 0 Å². The van der Waals surface area contributed by atoms with Gasteiger partial charge >= 0.3 is 0 Å². The fourth-order valence-electron chi connectivity index (χ4n) is 1.35. The van der Waals surface area contributed by atoms with Gasteiger partial charge in [0.1, 0.15) is 5.82 Å². The normalized spacial score (nSPS) is 13.9. The Morgan fingerprint density at radius 2 is 2.00 bits per heavy atom. The zero-order chi connectivity index (χ0) is 11.5. The molecule has 0 heterocycles. The Kier molecular flexibility index (Phi) is 3.86. The van der Waals surface area contributed by atoms with Crippen LogP contribution >= 0.6 is 0 Å². The van der Waals surface area contributed by atoms with E-state index >= 15 is 0 Å². The van der Waals surface area contributed by atoms with Crippen molar-refractivity contribution < 1.29 is 4.39 Å². The molecule has 84 valence electrons. The van der Waals surface area contributed by atoms with Crippen LogP contribution < -0.4 is 5.32 Å². The lowest BCUT2D eigenvalue weighted by Crippen LogP contribution is -2.29. The maximum Gasteiger partial charge on any atom is 0.123 e. The summed E-state index contributed by atoms with van der Waals surface area (Å²) in [5.41, 5.74) is 1.25. The van der Waals surface area contributed by atoms with Gasteiger partial charge in [-0.3, -0.25) is 0 Å². The van der Waals surface area contributed by atoms with E-state index in [0.717, 1.165) is 12.1 Å². The third-order valence-electron chi connectivity index (χ3n) is 2.29. The van der Waals surface area contributed by atoms with E-state index in [1.165, 1.54) is 6.07 Å². The van der Waals surface area contributed by atoms with E-state index in [9.17, 15) is 4.39 Å². The Balaban J connectivity index is 2.58. The van der Waals surface area contributed by atoms with Gasteiger partial charge in [0.05, 0.1) is 0 Å². The van der Waals surface area contributed by atoms with Crippen molar-refractivity contribution in [1.29, 1.82) is 0 Å². The van der Waals surface area contributed by atoms with Crippen LogP contribution in [0.25, 0.3) is 0 Å². The second-order valence-corrected chi connectivity index (χ2v) is 5.22. The Morgan fingerprint density at radius 1 is 1.33 bits per heavy atom. The lowest BCUT2D eigenvalue weighted by atomic mass is 9.96. The van der Waals surface area contributed by atoms with E-state index in [1.807, 2.05) is 6.07 Å². The van der Waals surface area contributed by atoms with Gasteiger partial charge in [0.2, 0.25) is 0 Å². The van der Waals surface area contributed by atoms with E-state index in [1.54, 1.807) is 12.1 Å². The quantitative estimate of drug-likeness (QED) is 0.803. The molecular formula is C13H20FN. The van der Waals surface area contributed by atoms with E-state index in [2.05, 4.69) is 33.0 Å². The molecule has 0 radical (unpaired) electrons. The van der Waals surface area contributed by atoms with Gasteiger partial charge in [-0.05, 0) is 30.0 Å². The number of nitrogens with one attached hydrogen (secondary N) is 1. The predicted molar refractivity (Wildman–Crippen MR) is 62.3 cm³/mol.